The molecule has 0 bridgehead atoms. The van der Waals surface area contributed by atoms with Gasteiger partial charge in [-0.15, -0.1) is 0 Å². The monoisotopic (exact) mass is 353 g/mol. The molecule has 1 amide bonds. The summed E-state index contributed by atoms with van der Waals surface area (Å²) < 4.78 is 0. The fraction of sp³-hybridized carbons (Fsp3) is 0.500. The summed E-state index contributed by atoms with van der Waals surface area (Å²) >= 11 is 0. The maximum absolute atomic E-state index is 13.2. The number of carbonyl (C=O) groups excluding carboxylic acids is 1. The number of aromatic nitrogens is 2. The van der Waals surface area contributed by atoms with Gasteiger partial charge >= 0.3 is 0 Å². The summed E-state index contributed by atoms with van der Waals surface area (Å²) in [4.78, 5) is 19.8. The molecule has 6 heteroatoms. The highest BCUT2D eigenvalue weighted by Crippen LogP contribution is 2.25. The van der Waals surface area contributed by atoms with Crippen molar-refractivity contribution >= 4 is 11.6 Å². The van der Waals surface area contributed by atoms with E-state index in [1.807, 2.05) is 4.90 Å². The average Bonchev–Trinajstić information content (AvgIpc) is 3.04. The Hall–Kier alpha value is -2.34. The zero-order valence-corrected chi connectivity index (χ0v) is 15.8. The van der Waals surface area contributed by atoms with Crippen molar-refractivity contribution in [1.29, 1.82) is 0 Å². The zero-order valence-electron chi connectivity index (χ0n) is 15.8. The van der Waals surface area contributed by atoms with E-state index in [1.165, 1.54) is 11.3 Å². The molecule has 1 unspecified atom stereocenters. The standard InChI is InChI=1S/C20H27N5O/c1-14-6-4-5-7-18(14)24-10-11-25(15(2)12-24)20(26)19-16-13-23(3)9-8-17(16)21-22-19/h4-7,15H,8-13H2,1-3H3,(H,21,22). The molecule has 1 saturated heterocycles. The van der Waals surface area contributed by atoms with Gasteiger partial charge in [0.05, 0.1) is 0 Å². The van der Waals surface area contributed by atoms with E-state index in [4.69, 9.17) is 0 Å². The molecule has 2 aromatic rings. The number of amides is 1. The van der Waals surface area contributed by atoms with Crippen LogP contribution in [-0.2, 0) is 13.0 Å². The number of carbonyl (C=O) groups is 1. The molecule has 6 nitrogen and oxygen atoms in total. The molecule has 1 aromatic heterocycles. The number of aromatic amines is 1. The average molecular weight is 353 g/mol. The topological polar surface area (TPSA) is 55.5 Å². The molecule has 1 N–H and O–H groups in total. The first-order chi connectivity index (χ1) is 12.5. The van der Waals surface area contributed by atoms with Crippen LogP contribution in [0, 0.1) is 6.92 Å². The molecule has 0 saturated carbocycles. The molecule has 3 heterocycles. The summed E-state index contributed by atoms with van der Waals surface area (Å²) in [7, 11) is 2.09. The number of H-pyrrole nitrogens is 1. The smallest absolute Gasteiger partial charge is 0.275 e. The third-order valence-corrected chi connectivity index (χ3v) is 5.67. The van der Waals surface area contributed by atoms with Crippen LogP contribution in [0.3, 0.4) is 0 Å². The van der Waals surface area contributed by atoms with Crippen LogP contribution in [0.15, 0.2) is 24.3 Å². The number of rotatable bonds is 2. The quantitative estimate of drug-likeness (QED) is 0.898. The van der Waals surface area contributed by atoms with Crippen LogP contribution >= 0.6 is 0 Å². The number of nitrogens with zero attached hydrogens (tertiary/aromatic N) is 4. The number of anilines is 1. The van der Waals surface area contributed by atoms with E-state index >= 15 is 0 Å². The first-order valence-electron chi connectivity index (χ1n) is 9.41. The van der Waals surface area contributed by atoms with E-state index in [-0.39, 0.29) is 11.9 Å². The summed E-state index contributed by atoms with van der Waals surface area (Å²) in [6, 6.07) is 8.62. The van der Waals surface area contributed by atoms with Gasteiger partial charge in [-0.2, -0.15) is 5.10 Å². The number of likely N-dealkylation sites (N-methyl/N-ethyl adjacent to an activating group) is 1. The van der Waals surface area contributed by atoms with Gasteiger partial charge in [0.1, 0.15) is 0 Å². The van der Waals surface area contributed by atoms with Crippen LogP contribution in [0.2, 0.25) is 0 Å². The van der Waals surface area contributed by atoms with Gasteiger partial charge in [0.25, 0.3) is 5.91 Å². The minimum absolute atomic E-state index is 0.0646. The van der Waals surface area contributed by atoms with Crippen LogP contribution in [0.25, 0.3) is 0 Å². The van der Waals surface area contributed by atoms with Crippen LogP contribution in [0.4, 0.5) is 5.69 Å². The Morgan fingerprint density at radius 3 is 2.81 bits per heavy atom. The SMILES string of the molecule is Cc1ccccc1N1CCN(C(=O)c2n[nH]c3c2CN(C)CC3)C(C)C1. The first-order valence-corrected chi connectivity index (χ1v) is 9.41. The van der Waals surface area contributed by atoms with Gasteiger partial charge in [-0.25, -0.2) is 0 Å². The molecule has 0 spiro atoms. The minimum atomic E-state index is 0.0646. The molecule has 0 radical (unpaired) electrons. The van der Waals surface area contributed by atoms with Crippen molar-refractivity contribution in [3.8, 4) is 0 Å². The van der Waals surface area contributed by atoms with Crippen molar-refractivity contribution in [1.82, 2.24) is 20.0 Å². The number of piperazine rings is 1. The van der Waals surface area contributed by atoms with Gasteiger partial charge in [-0.05, 0) is 32.5 Å². The fourth-order valence-corrected chi connectivity index (χ4v) is 4.14. The number of hydrogen-bond donors (Lipinski definition) is 1. The molecular weight excluding hydrogens is 326 g/mol. The molecular formula is C20H27N5O. The highest BCUT2D eigenvalue weighted by molar-refractivity contribution is 5.94. The van der Waals surface area contributed by atoms with Crippen molar-refractivity contribution in [3.05, 3.63) is 46.8 Å². The highest BCUT2D eigenvalue weighted by Gasteiger charge is 2.32. The van der Waals surface area contributed by atoms with Crippen molar-refractivity contribution < 1.29 is 4.79 Å². The Morgan fingerprint density at radius 2 is 2.04 bits per heavy atom. The number of nitrogens with one attached hydrogen (secondary N) is 1. The molecule has 2 aliphatic heterocycles. The third kappa shape index (κ3) is 2.98. The van der Waals surface area contributed by atoms with Gasteiger partial charge in [-0.1, -0.05) is 18.2 Å². The maximum Gasteiger partial charge on any atom is 0.275 e. The summed E-state index contributed by atoms with van der Waals surface area (Å²) in [5.41, 5.74) is 5.37. The molecule has 1 atom stereocenters. The molecule has 26 heavy (non-hydrogen) atoms. The van der Waals surface area contributed by atoms with Crippen molar-refractivity contribution in [3.63, 3.8) is 0 Å². The number of fused-ring (bicyclic) bond motifs is 1. The van der Waals surface area contributed by atoms with Crippen LogP contribution in [0.1, 0.15) is 34.2 Å². The summed E-state index contributed by atoms with van der Waals surface area (Å²) in [6.45, 7) is 8.51. The Labute approximate surface area is 154 Å². The van der Waals surface area contributed by atoms with E-state index in [0.717, 1.165) is 50.4 Å². The second-order valence-electron chi connectivity index (χ2n) is 7.60. The van der Waals surface area contributed by atoms with E-state index in [0.29, 0.717) is 5.69 Å². The molecule has 2 aliphatic rings. The molecule has 4 rings (SSSR count). The second kappa shape index (κ2) is 6.76. The molecule has 1 aromatic carbocycles. The zero-order chi connectivity index (χ0) is 18.3. The second-order valence-corrected chi connectivity index (χ2v) is 7.60. The van der Waals surface area contributed by atoms with Crippen LogP contribution < -0.4 is 4.90 Å². The van der Waals surface area contributed by atoms with E-state index in [9.17, 15) is 4.79 Å². The lowest BCUT2D eigenvalue weighted by molar-refractivity contribution is 0.0665. The van der Waals surface area contributed by atoms with Gasteiger partial charge in [0.15, 0.2) is 5.69 Å². The first kappa shape index (κ1) is 17.1. The van der Waals surface area contributed by atoms with Crippen LogP contribution in [0.5, 0.6) is 0 Å². The predicted molar refractivity (Wildman–Crippen MR) is 103 cm³/mol. The van der Waals surface area contributed by atoms with Crippen LogP contribution in [-0.4, -0.2) is 65.2 Å². The summed E-state index contributed by atoms with van der Waals surface area (Å²) in [5.74, 6) is 0.0646. The molecule has 1 fully saturated rings. The lowest BCUT2D eigenvalue weighted by atomic mass is 10.0. The molecule has 0 aliphatic carbocycles. The van der Waals surface area contributed by atoms with E-state index in [1.54, 1.807) is 0 Å². The summed E-state index contributed by atoms with van der Waals surface area (Å²) in [5, 5.41) is 7.47. The Bertz CT molecular complexity index is 814. The lowest BCUT2D eigenvalue weighted by Crippen LogP contribution is -2.54. The summed E-state index contributed by atoms with van der Waals surface area (Å²) in [6.07, 6.45) is 0.933. The number of benzene rings is 1. The Kier molecular flexibility index (Phi) is 4.44. The number of para-hydroxylation sites is 1. The maximum atomic E-state index is 13.2. The van der Waals surface area contributed by atoms with Gasteiger partial charge in [-0.3, -0.25) is 9.89 Å². The number of aryl methyl sites for hydroxylation is 1. The number of hydrogen-bond acceptors (Lipinski definition) is 4. The predicted octanol–water partition coefficient (Wildman–Crippen LogP) is 2.06. The largest absolute Gasteiger partial charge is 0.367 e. The van der Waals surface area contributed by atoms with Crippen molar-refractivity contribution in [2.45, 2.75) is 32.9 Å². The highest BCUT2D eigenvalue weighted by atomic mass is 16.2. The van der Waals surface area contributed by atoms with Gasteiger partial charge in [0.2, 0.25) is 0 Å². The van der Waals surface area contributed by atoms with Gasteiger partial charge < -0.3 is 14.7 Å². The van der Waals surface area contributed by atoms with Crippen molar-refractivity contribution in [2.24, 2.45) is 0 Å². The third-order valence-electron chi connectivity index (χ3n) is 5.67. The minimum Gasteiger partial charge on any atom is -0.367 e. The van der Waals surface area contributed by atoms with Gasteiger partial charge in [0, 0.05) is 62.1 Å². The van der Waals surface area contributed by atoms with Crippen molar-refractivity contribution in [2.75, 3.05) is 38.1 Å². The molecule has 138 valence electrons. The van der Waals surface area contributed by atoms with E-state index in [2.05, 4.69) is 65.2 Å². The Morgan fingerprint density at radius 1 is 1.23 bits per heavy atom. The normalized spacial score (nSPS) is 21.0. The lowest BCUT2D eigenvalue weighted by Gasteiger charge is -2.41. The Balaban J connectivity index is 1.51. The van der Waals surface area contributed by atoms with E-state index < -0.39 is 0 Å². The fourth-order valence-electron chi connectivity index (χ4n) is 4.14.